The van der Waals surface area contributed by atoms with Crippen LogP contribution in [0.1, 0.15) is 49.2 Å². The van der Waals surface area contributed by atoms with Crippen molar-refractivity contribution in [2.75, 3.05) is 25.6 Å². The minimum atomic E-state index is -1.09. The standard InChI is InChI=1S/C30H37NO9/c1-17(2)7-8-19-13-21(9-11-23(19)34)28(35)31-22-14-20-10-12-24(18(3)27(20)39-29(22)36)38-26(16-33)40-30(4,5)25(15-32)37-6/h7,9-14,25-26,32-34H,8,15-16H2,1-6H3,(H,31,35). The quantitative estimate of drug-likeness (QED) is 0.147. The summed E-state index contributed by atoms with van der Waals surface area (Å²) in [7, 11) is 1.45. The third-order valence-electron chi connectivity index (χ3n) is 6.49. The van der Waals surface area contributed by atoms with Gasteiger partial charge in [0.05, 0.1) is 12.2 Å². The number of ether oxygens (including phenoxy) is 3. The minimum absolute atomic E-state index is 0.0441. The average molecular weight is 556 g/mol. The molecule has 0 bridgehead atoms. The summed E-state index contributed by atoms with van der Waals surface area (Å²) in [5.41, 5.74) is 0.899. The van der Waals surface area contributed by atoms with E-state index >= 15 is 0 Å². The third kappa shape index (κ3) is 7.28. The van der Waals surface area contributed by atoms with E-state index in [-0.39, 0.29) is 29.2 Å². The predicted molar refractivity (Wildman–Crippen MR) is 151 cm³/mol. The fourth-order valence-corrected chi connectivity index (χ4v) is 4.15. The summed E-state index contributed by atoms with van der Waals surface area (Å²) >= 11 is 0. The number of carbonyl (C=O) groups is 1. The Hall–Kier alpha value is -3.70. The van der Waals surface area contributed by atoms with Crippen molar-refractivity contribution >= 4 is 22.6 Å². The maximum absolute atomic E-state index is 12.9. The molecule has 40 heavy (non-hydrogen) atoms. The Labute approximate surface area is 232 Å². The summed E-state index contributed by atoms with van der Waals surface area (Å²) in [5, 5.41) is 32.6. The Kier molecular flexibility index (Phi) is 10.1. The molecule has 0 fully saturated rings. The van der Waals surface area contributed by atoms with E-state index < -0.39 is 36.1 Å². The number of aromatic hydroxyl groups is 1. The number of phenolic OH excluding ortho intramolecular Hbond substituents is 1. The first-order valence-electron chi connectivity index (χ1n) is 12.8. The number of nitrogens with one attached hydrogen (secondary N) is 1. The van der Waals surface area contributed by atoms with Gasteiger partial charge in [0.1, 0.15) is 35.5 Å². The van der Waals surface area contributed by atoms with Gasteiger partial charge < -0.3 is 39.3 Å². The molecule has 4 N–H and O–H groups in total. The molecule has 2 aromatic carbocycles. The molecule has 0 aliphatic rings. The molecule has 0 saturated heterocycles. The van der Waals surface area contributed by atoms with Gasteiger partial charge >= 0.3 is 5.63 Å². The van der Waals surface area contributed by atoms with Crippen molar-refractivity contribution in [2.24, 2.45) is 0 Å². The summed E-state index contributed by atoms with van der Waals surface area (Å²) in [5.74, 6) is -0.130. The highest BCUT2D eigenvalue weighted by atomic mass is 16.7. The van der Waals surface area contributed by atoms with E-state index in [2.05, 4.69) is 5.32 Å². The Balaban J connectivity index is 1.84. The minimum Gasteiger partial charge on any atom is -0.508 e. The number of anilines is 1. The smallest absolute Gasteiger partial charge is 0.360 e. The van der Waals surface area contributed by atoms with E-state index in [1.165, 1.54) is 25.3 Å². The number of carbonyl (C=O) groups excluding carboxylic acids is 1. The number of allylic oxidation sites excluding steroid dienone is 2. The lowest BCUT2D eigenvalue weighted by Crippen LogP contribution is -2.47. The van der Waals surface area contributed by atoms with Gasteiger partial charge in [-0.1, -0.05) is 11.6 Å². The van der Waals surface area contributed by atoms with Crippen LogP contribution < -0.4 is 15.7 Å². The molecule has 10 nitrogen and oxygen atoms in total. The molecular weight excluding hydrogens is 518 g/mol. The number of methoxy groups -OCH3 is 1. The lowest BCUT2D eigenvalue weighted by Gasteiger charge is -2.35. The lowest BCUT2D eigenvalue weighted by atomic mass is 10.0. The molecule has 0 saturated carbocycles. The largest absolute Gasteiger partial charge is 0.508 e. The van der Waals surface area contributed by atoms with Crippen molar-refractivity contribution in [3.05, 3.63) is 75.2 Å². The summed E-state index contributed by atoms with van der Waals surface area (Å²) in [6.45, 7) is 8.21. The van der Waals surface area contributed by atoms with Crippen LogP contribution in [0.5, 0.6) is 11.5 Å². The van der Waals surface area contributed by atoms with Gasteiger partial charge in [0.15, 0.2) is 0 Å². The summed E-state index contributed by atoms with van der Waals surface area (Å²) in [4.78, 5) is 25.7. The highest BCUT2D eigenvalue weighted by molar-refractivity contribution is 6.05. The zero-order valence-electron chi connectivity index (χ0n) is 23.6. The number of aliphatic hydroxyl groups excluding tert-OH is 2. The van der Waals surface area contributed by atoms with Crippen LogP contribution in [0.4, 0.5) is 5.69 Å². The number of aryl methyl sites for hydroxylation is 1. The number of hydrogen-bond donors (Lipinski definition) is 4. The average Bonchev–Trinajstić information content (AvgIpc) is 2.90. The number of amides is 1. The number of hydrogen-bond acceptors (Lipinski definition) is 9. The number of phenols is 1. The van der Waals surface area contributed by atoms with Crippen LogP contribution in [0.15, 0.2) is 57.3 Å². The maximum Gasteiger partial charge on any atom is 0.360 e. The second kappa shape index (κ2) is 13.1. The zero-order valence-corrected chi connectivity index (χ0v) is 23.6. The fourth-order valence-electron chi connectivity index (χ4n) is 4.15. The molecule has 216 valence electrons. The van der Waals surface area contributed by atoms with Crippen molar-refractivity contribution in [1.82, 2.24) is 0 Å². The first-order chi connectivity index (χ1) is 18.9. The van der Waals surface area contributed by atoms with Gasteiger partial charge in [0.25, 0.3) is 5.91 Å². The van der Waals surface area contributed by atoms with Crippen molar-refractivity contribution in [2.45, 2.75) is 59.0 Å². The monoisotopic (exact) mass is 555 g/mol. The number of fused-ring (bicyclic) bond motifs is 1. The number of rotatable bonds is 12. The third-order valence-corrected chi connectivity index (χ3v) is 6.49. The molecular formula is C30H37NO9. The zero-order chi connectivity index (χ0) is 29.6. The maximum atomic E-state index is 12.9. The predicted octanol–water partition coefficient (Wildman–Crippen LogP) is 4.07. The Morgan fingerprint density at radius 2 is 1.85 bits per heavy atom. The van der Waals surface area contributed by atoms with Gasteiger partial charge in [-0.3, -0.25) is 4.79 Å². The molecule has 3 aromatic rings. The van der Waals surface area contributed by atoms with E-state index in [4.69, 9.17) is 18.6 Å². The van der Waals surface area contributed by atoms with Gasteiger partial charge in [-0.25, -0.2) is 4.79 Å². The van der Waals surface area contributed by atoms with Gasteiger partial charge in [-0.15, -0.1) is 0 Å². The van der Waals surface area contributed by atoms with Gasteiger partial charge in [-0.2, -0.15) is 0 Å². The van der Waals surface area contributed by atoms with Gasteiger partial charge in [-0.05, 0) is 83.0 Å². The van der Waals surface area contributed by atoms with Gasteiger partial charge in [0.2, 0.25) is 6.29 Å². The molecule has 10 heteroatoms. The van der Waals surface area contributed by atoms with Crippen molar-refractivity contribution < 1.29 is 38.7 Å². The van der Waals surface area contributed by atoms with Crippen LogP contribution >= 0.6 is 0 Å². The molecule has 2 atom stereocenters. The SMILES string of the molecule is COC(CO)C(C)(C)OC(CO)Oc1ccc2cc(NC(=O)c3ccc(O)c(CC=C(C)C)c3)c(=O)oc2c1C. The summed E-state index contributed by atoms with van der Waals surface area (Å²) in [6.07, 6.45) is 0.661. The van der Waals surface area contributed by atoms with Crippen LogP contribution in [-0.4, -0.2) is 59.5 Å². The van der Waals surface area contributed by atoms with Crippen molar-refractivity contribution in [1.29, 1.82) is 0 Å². The van der Waals surface area contributed by atoms with Crippen LogP contribution in [0, 0.1) is 6.92 Å². The second-order valence-electron chi connectivity index (χ2n) is 10.2. The first kappa shape index (κ1) is 30.8. The Morgan fingerprint density at radius 1 is 1.12 bits per heavy atom. The molecule has 0 aliphatic heterocycles. The van der Waals surface area contributed by atoms with E-state index in [9.17, 15) is 24.9 Å². The van der Waals surface area contributed by atoms with Crippen LogP contribution in [-0.2, 0) is 15.9 Å². The van der Waals surface area contributed by atoms with Gasteiger partial charge in [0, 0.05) is 23.6 Å². The molecule has 1 heterocycles. The topological polar surface area (TPSA) is 148 Å². The first-order valence-corrected chi connectivity index (χ1v) is 12.8. The molecule has 1 aromatic heterocycles. The Bertz CT molecular complexity index is 1430. The molecule has 0 aliphatic carbocycles. The highest BCUT2D eigenvalue weighted by Gasteiger charge is 2.34. The van der Waals surface area contributed by atoms with Crippen LogP contribution in [0.3, 0.4) is 0 Å². The molecule has 3 rings (SSSR count). The normalized spacial score (nSPS) is 13.1. The number of aliphatic hydroxyl groups is 2. The van der Waals surface area contributed by atoms with E-state index in [0.717, 1.165) is 5.57 Å². The van der Waals surface area contributed by atoms with Crippen LogP contribution in [0.25, 0.3) is 11.0 Å². The van der Waals surface area contributed by atoms with Crippen molar-refractivity contribution in [3.8, 4) is 11.5 Å². The van der Waals surface area contributed by atoms with E-state index in [1.807, 2.05) is 19.9 Å². The molecule has 0 radical (unpaired) electrons. The van der Waals surface area contributed by atoms with Crippen molar-refractivity contribution in [3.63, 3.8) is 0 Å². The van der Waals surface area contributed by atoms with Crippen LogP contribution in [0.2, 0.25) is 0 Å². The Morgan fingerprint density at radius 3 is 2.48 bits per heavy atom. The fraction of sp³-hybridized carbons (Fsp3) is 0.400. The van der Waals surface area contributed by atoms with E-state index in [1.54, 1.807) is 39.0 Å². The molecule has 1 amide bonds. The molecule has 0 spiro atoms. The second-order valence-corrected chi connectivity index (χ2v) is 10.2. The highest BCUT2D eigenvalue weighted by Crippen LogP contribution is 2.30. The summed E-state index contributed by atoms with van der Waals surface area (Å²) < 4.78 is 22.5. The lowest BCUT2D eigenvalue weighted by molar-refractivity contribution is -0.216. The number of benzene rings is 2. The van der Waals surface area contributed by atoms with E-state index in [0.29, 0.717) is 28.7 Å². The molecule has 2 unspecified atom stereocenters. The summed E-state index contributed by atoms with van der Waals surface area (Å²) in [6, 6.07) is 9.30.